The normalized spacial score (nSPS) is 18.1. The van der Waals surface area contributed by atoms with Crippen LogP contribution in [0.15, 0.2) is 11.4 Å². The minimum atomic E-state index is 0.390. The molecule has 3 rings (SSSR count). The molecule has 0 aliphatic carbocycles. The smallest absolute Gasteiger partial charge is 0.225 e. The summed E-state index contributed by atoms with van der Waals surface area (Å²) in [6.45, 7) is 3.97. The predicted molar refractivity (Wildman–Crippen MR) is 83.6 cm³/mol. The van der Waals surface area contributed by atoms with Crippen molar-refractivity contribution >= 4 is 33.3 Å². The molecule has 0 bridgehead atoms. The highest BCUT2D eigenvalue weighted by Gasteiger charge is 2.21. The summed E-state index contributed by atoms with van der Waals surface area (Å²) in [7, 11) is 1.85. The maximum absolute atomic E-state index is 5.43. The van der Waals surface area contributed by atoms with Crippen molar-refractivity contribution < 1.29 is 4.74 Å². The second-order valence-corrected chi connectivity index (χ2v) is 6.06. The average Bonchev–Trinajstić information content (AvgIpc) is 2.96. The third-order valence-electron chi connectivity index (χ3n) is 3.89. The number of fused-ring (bicyclic) bond motifs is 1. The highest BCUT2D eigenvalue weighted by molar-refractivity contribution is 7.16. The van der Waals surface area contributed by atoms with E-state index in [1.165, 1.54) is 0 Å². The molecule has 1 atom stereocenters. The highest BCUT2D eigenvalue weighted by Crippen LogP contribution is 2.29. The van der Waals surface area contributed by atoms with E-state index in [0.717, 1.165) is 42.1 Å². The quantitative estimate of drug-likeness (QED) is 0.907. The minimum absolute atomic E-state index is 0.390. The zero-order valence-electron chi connectivity index (χ0n) is 11.8. The van der Waals surface area contributed by atoms with Crippen molar-refractivity contribution in [2.24, 2.45) is 5.92 Å². The van der Waals surface area contributed by atoms with E-state index in [9.17, 15) is 0 Å². The molecule has 2 aromatic rings. The summed E-state index contributed by atoms with van der Waals surface area (Å²) >= 11 is 1.64. The van der Waals surface area contributed by atoms with Crippen molar-refractivity contribution in [1.29, 1.82) is 0 Å². The van der Waals surface area contributed by atoms with Gasteiger partial charge in [0.15, 0.2) is 0 Å². The molecular weight excluding hydrogens is 272 g/mol. The van der Waals surface area contributed by atoms with Gasteiger partial charge in [-0.25, -0.2) is 4.98 Å². The summed E-state index contributed by atoms with van der Waals surface area (Å²) in [5.41, 5.74) is 0. The number of thiophene rings is 1. The Labute approximate surface area is 122 Å². The van der Waals surface area contributed by atoms with Gasteiger partial charge in [-0.05, 0) is 37.1 Å². The van der Waals surface area contributed by atoms with E-state index in [1.54, 1.807) is 11.3 Å². The zero-order valence-corrected chi connectivity index (χ0v) is 12.7. The van der Waals surface area contributed by atoms with Crippen LogP contribution in [0.1, 0.15) is 19.8 Å². The van der Waals surface area contributed by atoms with Gasteiger partial charge in [-0.15, -0.1) is 11.3 Å². The van der Waals surface area contributed by atoms with Gasteiger partial charge in [0.25, 0.3) is 0 Å². The number of aromatic nitrogens is 2. The monoisotopic (exact) mass is 292 g/mol. The molecule has 0 radical (unpaired) electrons. The number of hydrogen-bond acceptors (Lipinski definition) is 6. The summed E-state index contributed by atoms with van der Waals surface area (Å²) in [4.78, 5) is 10.1. The molecule has 0 spiro atoms. The first-order valence-corrected chi connectivity index (χ1v) is 7.93. The van der Waals surface area contributed by atoms with Gasteiger partial charge in [-0.1, -0.05) is 0 Å². The summed E-state index contributed by atoms with van der Waals surface area (Å²) in [5.74, 6) is 2.24. The molecular formula is C14H20N4OS. The number of hydrogen-bond donors (Lipinski definition) is 2. The molecule has 1 aliphatic heterocycles. The van der Waals surface area contributed by atoms with Crippen molar-refractivity contribution in [3.05, 3.63) is 11.4 Å². The van der Waals surface area contributed by atoms with E-state index in [4.69, 9.17) is 4.74 Å². The molecule has 1 unspecified atom stereocenters. The third-order valence-corrected chi connectivity index (χ3v) is 4.69. The Hall–Kier alpha value is -1.40. The van der Waals surface area contributed by atoms with Crippen molar-refractivity contribution in [2.75, 3.05) is 30.9 Å². The fourth-order valence-corrected chi connectivity index (χ4v) is 3.39. The lowest BCUT2D eigenvalue weighted by Gasteiger charge is -2.28. The Morgan fingerprint density at radius 2 is 2.15 bits per heavy atom. The highest BCUT2D eigenvalue weighted by atomic mass is 32.1. The summed E-state index contributed by atoms with van der Waals surface area (Å²) in [6.07, 6.45) is 2.23. The first kappa shape index (κ1) is 13.6. The molecule has 2 aromatic heterocycles. The Balaban J connectivity index is 1.83. The minimum Gasteiger partial charge on any atom is -0.381 e. The van der Waals surface area contributed by atoms with Crippen molar-refractivity contribution in [3.8, 4) is 0 Å². The summed E-state index contributed by atoms with van der Waals surface area (Å²) in [5, 5.41) is 9.77. The molecule has 5 nitrogen and oxygen atoms in total. The maximum Gasteiger partial charge on any atom is 0.225 e. The van der Waals surface area contributed by atoms with E-state index in [0.29, 0.717) is 17.9 Å². The molecule has 20 heavy (non-hydrogen) atoms. The zero-order chi connectivity index (χ0) is 13.9. The van der Waals surface area contributed by atoms with Crippen LogP contribution in [0.4, 0.5) is 11.8 Å². The molecule has 2 N–H and O–H groups in total. The Bertz CT molecular complexity index is 580. The van der Waals surface area contributed by atoms with Crippen molar-refractivity contribution in [2.45, 2.75) is 25.8 Å². The van der Waals surface area contributed by atoms with Crippen LogP contribution in [0, 0.1) is 5.92 Å². The number of ether oxygens (including phenoxy) is 1. The predicted octanol–water partition coefficient (Wildman–Crippen LogP) is 2.96. The lowest BCUT2D eigenvalue weighted by molar-refractivity contribution is 0.0622. The SMILES string of the molecule is CNc1nc(NC(C)C2CCOCC2)c2ccsc2n1. The number of nitrogens with one attached hydrogen (secondary N) is 2. The average molecular weight is 292 g/mol. The third kappa shape index (κ3) is 2.71. The van der Waals surface area contributed by atoms with Gasteiger partial charge in [0.2, 0.25) is 5.95 Å². The molecule has 0 aromatic carbocycles. The van der Waals surface area contributed by atoms with E-state index in [1.807, 2.05) is 7.05 Å². The van der Waals surface area contributed by atoms with Crippen LogP contribution in [0.3, 0.4) is 0 Å². The first-order valence-electron chi connectivity index (χ1n) is 7.05. The maximum atomic E-state index is 5.43. The fraction of sp³-hybridized carbons (Fsp3) is 0.571. The molecule has 1 saturated heterocycles. The van der Waals surface area contributed by atoms with Gasteiger partial charge in [-0.2, -0.15) is 4.98 Å². The second-order valence-electron chi connectivity index (χ2n) is 5.17. The van der Waals surface area contributed by atoms with E-state index in [2.05, 4.69) is 39.0 Å². The molecule has 1 aliphatic rings. The van der Waals surface area contributed by atoms with Crippen molar-refractivity contribution in [3.63, 3.8) is 0 Å². The van der Waals surface area contributed by atoms with Crippen LogP contribution < -0.4 is 10.6 Å². The molecule has 108 valence electrons. The lowest BCUT2D eigenvalue weighted by atomic mass is 9.93. The molecule has 1 fully saturated rings. The van der Waals surface area contributed by atoms with Crippen LogP contribution in [-0.2, 0) is 4.74 Å². The number of nitrogens with zero attached hydrogens (tertiary/aromatic N) is 2. The van der Waals surface area contributed by atoms with Crippen molar-refractivity contribution in [1.82, 2.24) is 9.97 Å². The van der Waals surface area contributed by atoms with E-state index >= 15 is 0 Å². The van der Waals surface area contributed by atoms with Crippen LogP contribution in [0.5, 0.6) is 0 Å². The molecule has 0 saturated carbocycles. The Morgan fingerprint density at radius 1 is 1.35 bits per heavy atom. The first-order chi connectivity index (χ1) is 9.78. The molecule has 0 amide bonds. The van der Waals surface area contributed by atoms with Gasteiger partial charge in [-0.3, -0.25) is 0 Å². The molecule has 6 heteroatoms. The van der Waals surface area contributed by atoms with Crippen LogP contribution >= 0.6 is 11.3 Å². The van der Waals surface area contributed by atoms with Crippen LogP contribution in [0.2, 0.25) is 0 Å². The Morgan fingerprint density at radius 3 is 2.90 bits per heavy atom. The van der Waals surface area contributed by atoms with E-state index in [-0.39, 0.29) is 0 Å². The standard InChI is InChI=1S/C14H20N4OS/c1-9(10-3-6-19-7-4-10)16-12-11-5-8-20-13(11)18-14(15-2)17-12/h5,8-10H,3-4,6-7H2,1-2H3,(H2,15,16,17,18). The topological polar surface area (TPSA) is 59.1 Å². The summed E-state index contributed by atoms with van der Waals surface area (Å²) in [6, 6.07) is 2.47. The lowest BCUT2D eigenvalue weighted by Crippen LogP contribution is -2.31. The molecule has 3 heterocycles. The largest absolute Gasteiger partial charge is 0.381 e. The second kappa shape index (κ2) is 5.93. The summed E-state index contributed by atoms with van der Waals surface area (Å²) < 4.78 is 5.43. The van der Waals surface area contributed by atoms with Gasteiger partial charge >= 0.3 is 0 Å². The van der Waals surface area contributed by atoms with Crippen LogP contribution in [-0.4, -0.2) is 36.3 Å². The Kier molecular flexibility index (Phi) is 4.03. The van der Waals surface area contributed by atoms with Gasteiger partial charge in [0.05, 0.1) is 5.39 Å². The van der Waals surface area contributed by atoms with Gasteiger partial charge in [0, 0.05) is 26.3 Å². The van der Waals surface area contributed by atoms with Gasteiger partial charge < -0.3 is 15.4 Å². The van der Waals surface area contributed by atoms with Gasteiger partial charge in [0.1, 0.15) is 10.6 Å². The van der Waals surface area contributed by atoms with E-state index < -0.39 is 0 Å². The van der Waals surface area contributed by atoms with Crippen LogP contribution in [0.25, 0.3) is 10.2 Å². The number of rotatable bonds is 4. The number of anilines is 2. The fourth-order valence-electron chi connectivity index (χ4n) is 2.63.